The predicted octanol–water partition coefficient (Wildman–Crippen LogP) is 4.07. The Morgan fingerprint density at radius 2 is 1.60 bits per heavy atom. The number of halogens is 2. The second kappa shape index (κ2) is 21.5. The molecular formula is C47H47ClFN7O11S. The topological polar surface area (TPSA) is 233 Å². The number of rotatable bonds is 22. The van der Waals surface area contributed by atoms with Crippen LogP contribution in [0.5, 0.6) is 5.75 Å². The van der Waals surface area contributed by atoms with Gasteiger partial charge in [-0.1, -0.05) is 35.9 Å². The van der Waals surface area contributed by atoms with Gasteiger partial charge in [-0.05, 0) is 96.6 Å². The minimum Gasteiger partial charge on any atom is -0.484 e. The van der Waals surface area contributed by atoms with Crippen LogP contribution in [0.1, 0.15) is 39.9 Å². The van der Waals surface area contributed by atoms with E-state index in [4.69, 9.17) is 30.5 Å². The first-order valence-corrected chi connectivity index (χ1v) is 23.8. The van der Waals surface area contributed by atoms with Gasteiger partial charge in [-0.15, -0.1) is 0 Å². The van der Waals surface area contributed by atoms with Crippen molar-refractivity contribution in [1.82, 2.24) is 35.3 Å². The number of carbonyl (C=O) groups is 4. The molecule has 1 saturated heterocycles. The fourth-order valence-corrected chi connectivity index (χ4v) is 9.14. The highest BCUT2D eigenvalue weighted by Gasteiger charge is 2.39. The minimum absolute atomic E-state index is 0.0604. The zero-order chi connectivity index (χ0) is 47.8. The van der Waals surface area contributed by atoms with Crippen LogP contribution in [-0.4, -0.2) is 121 Å². The van der Waals surface area contributed by atoms with Crippen molar-refractivity contribution in [2.45, 2.75) is 43.2 Å². The van der Waals surface area contributed by atoms with E-state index in [1.165, 1.54) is 33.8 Å². The summed E-state index contributed by atoms with van der Waals surface area (Å²) < 4.78 is 63.4. The van der Waals surface area contributed by atoms with E-state index in [2.05, 4.69) is 25.7 Å². The molecule has 18 nitrogen and oxygen atoms in total. The monoisotopic (exact) mass is 971 g/mol. The summed E-state index contributed by atoms with van der Waals surface area (Å²) in [4.78, 5) is 72.1. The van der Waals surface area contributed by atoms with Gasteiger partial charge in [-0.3, -0.25) is 34.4 Å². The molecule has 4 amide bonds. The smallest absolute Gasteiger partial charge is 0.277 e. The van der Waals surface area contributed by atoms with Gasteiger partial charge in [0, 0.05) is 35.7 Å². The van der Waals surface area contributed by atoms with E-state index in [1.807, 2.05) is 0 Å². The maximum Gasteiger partial charge on any atom is 0.277 e. The van der Waals surface area contributed by atoms with Crippen molar-refractivity contribution < 1.29 is 50.9 Å². The van der Waals surface area contributed by atoms with Crippen LogP contribution < -0.4 is 20.9 Å². The molecule has 1 unspecified atom stereocenters. The molecule has 356 valence electrons. The number of sulfone groups is 1. The second-order valence-electron chi connectivity index (χ2n) is 16.0. The van der Waals surface area contributed by atoms with E-state index in [9.17, 15) is 36.8 Å². The van der Waals surface area contributed by atoms with Gasteiger partial charge in [-0.25, -0.2) is 17.8 Å². The molecule has 8 rings (SSSR count). The highest BCUT2D eigenvalue weighted by Crippen LogP contribution is 2.30. The molecule has 2 aliphatic heterocycles. The molecule has 0 aliphatic carbocycles. The summed E-state index contributed by atoms with van der Waals surface area (Å²) in [6, 6.07) is 21.6. The fraction of sp³-hybridized carbons (Fsp3) is 0.319. The summed E-state index contributed by atoms with van der Waals surface area (Å²) in [6.45, 7) is 1.21. The van der Waals surface area contributed by atoms with Gasteiger partial charge in [-0.2, -0.15) is 4.68 Å². The van der Waals surface area contributed by atoms with Crippen LogP contribution in [0.3, 0.4) is 0 Å². The summed E-state index contributed by atoms with van der Waals surface area (Å²) in [5.74, 6) is -1.50. The maximum absolute atomic E-state index is 13.9. The number of carbonyl (C=O) groups excluding carboxylic acids is 4. The first kappa shape index (κ1) is 47.8. The Morgan fingerprint density at radius 3 is 2.35 bits per heavy atom. The number of benzene rings is 4. The minimum atomic E-state index is -3.72. The number of hydrogen-bond acceptors (Lipinski definition) is 12. The number of aromatic amines is 2. The van der Waals surface area contributed by atoms with Gasteiger partial charge in [0.2, 0.25) is 17.8 Å². The molecule has 4 aromatic carbocycles. The second-order valence-corrected chi connectivity index (χ2v) is 18.5. The Labute approximate surface area is 394 Å². The molecule has 0 radical (unpaired) electrons. The van der Waals surface area contributed by atoms with Gasteiger partial charge in [0.15, 0.2) is 16.4 Å². The van der Waals surface area contributed by atoms with Gasteiger partial charge in [0.1, 0.15) is 17.6 Å². The Kier molecular flexibility index (Phi) is 15.1. The number of ether oxygens (including phenoxy) is 4. The number of amides is 4. The van der Waals surface area contributed by atoms with E-state index < -0.39 is 21.8 Å². The van der Waals surface area contributed by atoms with E-state index in [0.717, 1.165) is 5.56 Å². The lowest BCUT2D eigenvalue weighted by molar-refractivity contribution is -0.137. The van der Waals surface area contributed by atoms with Gasteiger partial charge in [0.25, 0.3) is 17.4 Å². The van der Waals surface area contributed by atoms with Gasteiger partial charge < -0.3 is 34.1 Å². The number of imide groups is 1. The number of piperidine rings is 1. The van der Waals surface area contributed by atoms with Crippen molar-refractivity contribution in [1.29, 1.82) is 0 Å². The van der Waals surface area contributed by atoms with Crippen molar-refractivity contribution >= 4 is 56.1 Å². The van der Waals surface area contributed by atoms with Crippen LogP contribution in [0.2, 0.25) is 5.02 Å². The average molecular weight is 972 g/mol. The molecule has 4 N–H and O–H groups in total. The summed E-state index contributed by atoms with van der Waals surface area (Å²) in [7, 11) is -3.72. The summed E-state index contributed by atoms with van der Waals surface area (Å²) >= 11 is 6.16. The summed E-state index contributed by atoms with van der Waals surface area (Å²) in [5.41, 5.74) is 4.36. The molecule has 68 heavy (non-hydrogen) atoms. The van der Waals surface area contributed by atoms with Crippen LogP contribution in [0.25, 0.3) is 28.2 Å². The molecule has 1 fully saturated rings. The third-order valence-electron chi connectivity index (χ3n) is 11.4. The first-order valence-electron chi connectivity index (χ1n) is 21.8. The molecule has 2 aromatic heterocycles. The van der Waals surface area contributed by atoms with E-state index in [-0.39, 0.29) is 118 Å². The molecule has 0 spiro atoms. The van der Waals surface area contributed by atoms with Crippen molar-refractivity contribution in [3.63, 3.8) is 0 Å². The lowest BCUT2D eigenvalue weighted by Crippen LogP contribution is -2.52. The third-order valence-corrected chi connectivity index (χ3v) is 13.3. The quantitative estimate of drug-likeness (QED) is 0.0558. The highest BCUT2D eigenvalue weighted by molar-refractivity contribution is 7.91. The lowest BCUT2D eigenvalue weighted by atomic mass is 10.0. The average Bonchev–Trinajstić information content (AvgIpc) is 4.00. The maximum atomic E-state index is 13.9. The third kappa shape index (κ3) is 11.5. The molecule has 0 saturated carbocycles. The van der Waals surface area contributed by atoms with E-state index in [0.29, 0.717) is 62.6 Å². The Balaban J connectivity index is 0.721. The fourth-order valence-electron chi connectivity index (χ4n) is 7.85. The van der Waals surface area contributed by atoms with Gasteiger partial charge >= 0.3 is 0 Å². The molecular weight excluding hydrogens is 925 g/mol. The zero-order valence-corrected chi connectivity index (χ0v) is 38.1. The largest absolute Gasteiger partial charge is 0.484 e. The standard InChI is InChI=1S/C47H47ClFN7O11S/c48-32-6-14-38-39(26-32)52-47(51-38)56-46(61)37(12-3-29-1-7-33(49)8-2-29)43(54-56)30-4-10-35(11-5-30)68(62,63)24-23-66-22-21-65-20-19-64-18-17-50-42(58)28-67-34-9-13-36-31(25-34)27-55(45(36)60)40-15-16-41(57)53-44(40)59/h1-2,4-11,13-14,25-26,40,54H,3,12,15-24,27-28H2,(H,50,58)(H,51,52)(H,53,57,59). The normalized spacial score (nSPS) is 14.9. The van der Waals surface area contributed by atoms with Crippen molar-refractivity contribution in [2.75, 3.05) is 58.5 Å². The number of aryl methyl sites for hydroxylation is 1. The summed E-state index contributed by atoms with van der Waals surface area (Å²) in [5, 5.41) is 8.63. The van der Waals surface area contributed by atoms with E-state index in [1.54, 1.807) is 60.7 Å². The summed E-state index contributed by atoms with van der Waals surface area (Å²) in [6.07, 6.45) is 1.18. The predicted molar refractivity (Wildman–Crippen MR) is 246 cm³/mol. The Bertz CT molecular complexity index is 2990. The van der Waals surface area contributed by atoms with Crippen molar-refractivity contribution in [2.24, 2.45) is 0 Å². The zero-order valence-electron chi connectivity index (χ0n) is 36.6. The number of imidazole rings is 1. The number of nitrogens with one attached hydrogen (secondary N) is 4. The number of hydrogen-bond donors (Lipinski definition) is 4. The SMILES string of the molecule is O=C(COc1ccc2c(c1)CN(C1CCC(=O)NC1=O)C2=O)NCCOCCOCCOCCS(=O)(=O)c1ccc(-c2[nH]n(-c3nc4ccc(Cl)cc4[nH]3)c(=O)c2CCc2ccc(F)cc2)cc1. The molecule has 2 aliphatic rings. The van der Waals surface area contributed by atoms with Crippen LogP contribution >= 0.6 is 11.6 Å². The molecule has 0 bridgehead atoms. The number of fused-ring (bicyclic) bond motifs is 2. The number of nitrogens with zero attached hydrogens (tertiary/aromatic N) is 3. The van der Waals surface area contributed by atoms with Crippen molar-refractivity contribution in [3.05, 3.63) is 128 Å². The number of H-pyrrole nitrogens is 2. The molecule has 6 aromatic rings. The Morgan fingerprint density at radius 1 is 0.868 bits per heavy atom. The highest BCUT2D eigenvalue weighted by atomic mass is 35.5. The molecule has 1 atom stereocenters. The molecule has 4 heterocycles. The van der Waals surface area contributed by atoms with Crippen LogP contribution in [-0.2, 0) is 57.8 Å². The van der Waals surface area contributed by atoms with Crippen LogP contribution in [0.15, 0.2) is 94.6 Å². The lowest BCUT2D eigenvalue weighted by Gasteiger charge is -2.29. The molecule has 21 heteroatoms. The van der Waals surface area contributed by atoms with Crippen LogP contribution in [0, 0.1) is 5.82 Å². The van der Waals surface area contributed by atoms with E-state index >= 15 is 0 Å². The van der Waals surface area contributed by atoms with Crippen molar-refractivity contribution in [3.8, 4) is 23.0 Å². The van der Waals surface area contributed by atoms with Gasteiger partial charge in [0.05, 0.1) is 67.0 Å². The Hall–Kier alpha value is -6.71. The number of aromatic nitrogens is 4. The first-order chi connectivity index (χ1) is 32.8. The van der Waals surface area contributed by atoms with Crippen LogP contribution in [0.4, 0.5) is 4.39 Å².